The minimum Gasteiger partial charge on any atom is -0.423 e. The van der Waals surface area contributed by atoms with Crippen LogP contribution in [0.4, 0.5) is 11.9 Å². The summed E-state index contributed by atoms with van der Waals surface area (Å²) in [6.45, 7) is 0. The first-order valence-corrected chi connectivity index (χ1v) is 19.3. The normalized spacial score (nSPS) is 10.6. The molecule has 0 radical (unpaired) electrons. The number of nitrogens with one attached hydrogen (secondary N) is 2. The van der Waals surface area contributed by atoms with E-state index in [2.05, 4.69) is 71.7 Å². The molecule has 0 bridgehead atoms. The number of hydrogen-bond donors (Lipinski definition) is 5. The summed E-state index contributed by atoms with van der Waals surface area (Å²) < 4.78 is 1.61. The van der Waals surface area contributed by atoms with Crippen LogP contribution in [0.25, 0.3) is 65.6 Å². The first-order chi connectivity index (χ1) is 28.7. The van der Waals surface area contributed by atoms with Gasteiger partial charge in [-0.1, -0.05) is 87.6 Å². The van der Waals surface area contributed by atoms with Crippen molar-refractivity contribution in [2.24, 2.45) is 0 Å². The van der Waals surface area contributed by atoms with E-state index < -0.39 is 12.0 Å². The Labute approximate surface area is 352 Å². The second kappa shape index (κ2) is 18.6. The number of aromatic nitrogens is 8. The number of pyridine rings is 4. The number of nitrogens with zero attached hydrogens (tertiary/aromatic N) is 7. The summed E-state index contributed by atoms with van der Waals surface area (Å²) in [6.07, 6.45) is 15.8. The molecule has 290 valence electrons. The number of aromatic amines is 2. The summed E-state index contributed by atoms with van der Waals surface area (Å²) in [7, 11) is -1.42. The fraction of sp³-hybridized carbons (Fsp3) is 0. The molecule has 0 aliphatic heterocycles. The number of nitro groups is 1. The van der Waals surface area contributed by atoms with Gasteiger partial charge in [-0.2, -0.15) is 0 Å². The Morgan fingerprint density at radius 3 is 1.63 bits per heavy atom. The smallest absolute Gasteiger partial charge is 0.423 e. The van der Waals surface area contributed by atoms with Crippen molar-refractivity contribution in [1.82, 2.24) is 39.9 Å². The van der Waals surface area contributed by atoms with Gasteiger partial charge in [0.1, 0.15) is 0 Å². The number of hydrogen-bond acceptors (Lipinski definition) is 11. The van der Waals surface area contributed by atoms with E-state index in [4.69, 9.17) is 15.8 Å². The number of anilines is 1. The SMILES string of the molecule is Brc1cccc2cnccc12.Nc1ncc(-c2cccc3cnccc23)[nH]1.O=[N+]([O-])c1nc(-c2cccc3cnccc23)c(Br)[nH]1.OB(O)c1cccc2cnccc12. The van der Waals surface area contributed by atoms with Crippen molar-refractivity contribution in [2.75, 3.05) is 5.73 Å². The van der Waals surface area contributed by atoms with Gasteiger partial charge in [0.25, 0.3) is 0 Å². The molecule has 0 aliphatic rings. The third-order valence-electron chi connectivity index (χ3n) is 8.94. The molecule has 0 saturated heterocycles. The molecule has 6 N–H and O–H groups in total. The van der Waals surface area contributed by atoms with Crippen LogP contribution in [0.15, 0.2) is 162 Å². The summed E-state index contributed by atoms with van der Waals surface area (Å²) >= 11 is 6.74. The summed E-state index contributed by atoms with van der Waals surface area (Å²) in [5.41, 5.74) is 9.44. The Kier molecular flexibility index (Phi) is 12.7. The van der Waals surface area contributed by atoms with Crippen molar-refractivity contribution < 1.29 is 15.0 Å². The van der Waals surface area contributed by atoms with Gasteiger partial charge in [-0.3, -0.25) is 19.9 Å². The molecule has 0 aliphatic carbocycles. The van der Waals surface area contributed by atoms with Gasteiger partial charge in [-0.05, 0) is 83.6 Å². The van der Waals surface area contributed by atoms with E-state index in [9.17, 15) is 10.1 Å². The Morgan fingerprint density at radius 1 is 0.610 bits per heavy atom. The van der Waals surface area contributed by atoms with Crippen LogP contribution in [0.5, 0.6) is 0 Å². The highest BCUT2D eigenvalue weighted by atomic mass is 79.9. The average molecular weight is 910 g/mol. The third kappa shape index (κ3) is 9.46. The highest BCUT2D eigenvalue weighted by Crippen LogP contribution is 2.33. The molecule has 0 saturated carbocycles. The highest BCUT2D eigenvalue weighted by Gasteiger charge is 2.21. The van der Waals surface area contributed by atoms with Crippen molar-refractivity contribution in [3.8, 4) is 22.5 Å². The molecule has 0 unspecified atom stereocenters. The Hall–Kier alpha value is -6.92. The molecule has 0 fully saturated rings. The van der Waals surface area contributed by atoms with Crippen LogP contribution in [0.3, 0.4) is 0 Å². The third-order valence-corrected chi connectivity index (χ3v) is 10.2. The topological polar surface area (TPSA) is 219 Å². The van der Waals surface area contributed by atoms with Crippen LogP contribution in [0, 0.1) is 10.1 Å². The first kappa shape index (κ1) is 40.3. The molecule has 10 aromatic rings. The molecule has 0 atom stereocenters. The minimum atomic E-state index is -1.42. The van der Waals surface area contributed by atoms with Crippen LogP contribution in [-0.4, -0.2) is 62.0 Å². The maximum Gasteiger partial charge on any atom is 0.489 e. The Morgan fingerprint density at radius 2 is 1.10 bits per heavy atom. The van der Waals surface area contributed by atoms with Gasteiger partial charge in [0.05, 0.1) is 11.9 Å². The monoisotopic (exact) mass is 908 g/mol. The van der Waals surface area contributed by atoms with Crippen molar-refractivity contribution >= 4 is 99.4 Å². The number of H-pyrrole nitrogens is 2. The van der Waals surface area contributed by atoms with Gasteiger partial charge in [0.2, 0.25) is 0 Å². The van der Waals surface area contributed by atoms with E-state index in [0.29, 0.717) is 21.7 Å². The van der Waals surface area contributed by atoms with E-state index in [-0.39, 0.29) is 5.95 Å². The van der Waals surface area contributed by atoms with Crippen molar-refractivity contribution in [1.29, 1.82) is 0 Å². The molecule has 59 heavy (non-hydrogen) atoms. The number of rotatable bonds is 4. The van der Waals surface area contributed by atoms with Gasteiger partial charge in [0.15, 0.2) is 16.2 Å². The molecular weight excluding hydrogens is 879 g/mol. The van der Waals surface area contributed by atoms with Gasteiger partial charge in [-0.15, -0.1) is 0 Å². The second-order valence-electron chi connectivity index (χ2n) is 12.6. The van der Waals surface area contributed by atoms with E-state index in [1.54, 1.807) is 61.6 Å². The summed E-state index contributed by atoms with van der Waals surface area (Å²) in [5, 5.41) is 37.1. The van der Waals surface area contributed by atoms with Gasteiger partial charge >= 0.3 is 13.1 Å². The van der Waals surface area contributed by atoms with E-state index >= 15 is 0 Å². The van der Waals surface area contributed by atoms with Crippen LogP contribution in [0.2, 0.25) is 0 Å². The average Bonchev–Trinajstić information content (AvgIpc) is 3.89. The highest BCUT2D eigenvalue weighted by molar-refractivity contribution is 9.11. The maximum atomic E-state index is 10.7. The summed E-state index contributed by atoms with van der Waals surface area (Å²) in [5.74, 6) is 0.147. The zero-order chi connectivity index (χ0) is 41.3. The number of benzene rings is 4. The molecular formula is C42H31BBr2N10O4. The Bertz CT molecular complexity index is 3030. The summed E-state index contributed by atoms with van der Waals surface area (Å²) in [4.78, 5) is 40.0. The lowest BCUT2D eigenvalue weighted by molar-refractivity contribution is -0.393. The lowest BCUT2D eigenvalue weighted by Gasteiger charge is -2.03. The zero-order valence-electron chi connectivity index (χ0n) is 30.7. The molecule has 0 spiro atoms. The summed E-state index contributed by atoms with van der Waals surface area (Å²) in [6, 6.07) is 30.8. The lowest BCUT2D eigenvalue weighted by Crippen LogP contribution is -2.30. The predicted octanol–water partition coefficient (Wildman–Crippen LogP) is 8.41. The molecule has 17 heteroatoms. The molecule has 4 aromatic carbocycles. The molecule has 14 nitrogen and oxygen atoms in total. The number of fused-ring (bicyclic) bond motifs is 4. The molecule has 6 aromatic heterocycles. The quantitative estimate of drug-likeness (QED) is 0.0641. The molecule has 6 heterocycles. The van der Waals surface area contributed by atoms with Crippen LogP contribution in [0.1, 0.15) is 0 Å². The van der Waals surface area contributed by atoms with Crippen molar-refractivity contribution in [3.63, 3.8) is 0 Å². The largest absolute Gasteiger partial charge is 0.489 e. The molecule has 0 amide bonds. The zero-order valence-corrected chi connectivity index (χ0v) is 33.9. The minimum absolute atomic E-state index is 0.284. The van der Waals surface area contributed by atoms with Crippen LogP contribution >= 0.6 is 31.9 Å². The van der Waals surface area contributed by atoms with E-state index in [1.807, 2.05) is 91.3 Å². The number of halogens is 2. The second-order valence-corrected chi connectivity index (χ2v) is 14.3. The van der Waals surface area contributed by atoms with Crippen LogP contribution < -0.4 is 11.2 Å². The fourth-order valence-electron chi connectivity index (χ4n) is 6.22. The van der Waals surface area contributed by atoms with Crippen molar-refractivity contribution in [2.45, 2.75) is 0 Å². The van der Waals surface area contributed by atoms with Gasteiger partial charge < -0.3 is 30.9 Å². The number of nitrogens with two attached hydrogens (primary N) is 1. The van der Waals surface area contributed by atoms with Crippen LogP contribution in [-0.2, 0) is 0 Å². The predicted molar refractivity (Wildman–Crippen MR) is 238 cm³/mol. The van der Waals surface area contributed by atoms with E-state index in [1.165, 1.54) is 10.8 Å². The van der Waals surface area contributed by atoms with Gasteiger partial charge in [-0.25, -0.2) is 9.97 Å². The lowest BCUT2D eigenvalue weighted by atomic mass is 9.77. The van der Waals surface area contributed by atoms with Gasteiger partial charge in [0, 0.05) is 81.3 Å². The Balaban J connectivity index is 0.000000122. The van der Waals surface area contributed by atoms with Crippen molar-refractivity contribution in [3.05, 3.63) is 172 Å². The first-order valence-electron chi connectivity index (χ1n) is 17.7. The molecule has 10 rings (SSSR count). The van der Waals surface area contributed by atoms with E-state index in [0.717, 1.165) is 53.6 Å². The fourth-order valence-corrected chi connectivity index (χ4v) is 7.21. The standard InChI is InChI=1S/C12H7BrN4O2.C12H10N4.C9H8BNO2.C9H6BrN/c13-11-10(15-12(16-11)17(18)19)9-3-1-2-7-6-14-5-4-8(7)9;13-12-15-7-11(16-12)10-3-1-2-8-6-14-5-4-9(8)10;12-10(13)9-3-1-2-7-6-11-5-4-8(7)9;10-9-3-1-2-7-6-11-5-4-8(7)9/h1-6H,(H,15,16);1-7H,(H3,13,15,16);1-6,12-13H;1-6H. The number of imidazole rings is 2. The maximum absolute atomic E-state index is 10.7. The number of nitrogen functional groups attached to an aromatic ring is 1.